The van der Waals surface area contributed by atoms with Gasteiger partial charge in [0.25, 0.3) is 11.8 Å². The van der Waals surface area contributed by atoms with Crippen molar-refractivity contribution in [3.8, 4) is 11.5 Å². The number of hydrogen-bond donors (Lipinski definition) is 2. The lowest BCUT2D eigenvalue weighted by Gasteiger charge is -2.22. The molecule has 0 atom stereocenters. The number of amides is 3. The standard InChI is InChI=1S/C21H26N4O5S/c1-13-19(31-14(2)24-13)21(28)25-9-4-7-23-20(27)16-6-5-15(29-3)11-17(16)30-10-8-22-18(26)12-25/h5-6,11H,4,7-10,12H2,1-3H3,(H,22,26)(H,23,27). The summed E-state index contributed by atoms with van der Waals surface area (Å²) in [7, 11) is 1.53. The molecule has 1 aliphatic rings. The normalized spacial score (nSPS) is 15.8. The molecule has 2 N–H and O–H groups in total. The van der Waals surface area contributed by atoms with E-state index in [9.17, 15) is 14.4 Å². The van der Waals surface area contributed by atoms with Crippen molar-refractivity contribution in [2.75, 3.05) is 39.9 Å². The monoisotopic (exact) mass is 446 g/mol. The second kappa shape index (κ2) is 10.3. The van der Waals surface area contributed by atoms with Crippen LogP contribution in [-0.4, -0.2) is 67.5 Å². The van der Waals surface area contributed by atoms with E-state index in [1.807, 2.05) is 6.92 Å². The topological polar surface area (TPSA) is 110 Å². The molecule has 3 rings (SSSR count). The lowest BCUT2D eigenvalue weighted by Crippen LogP contribution is -2.43. The Morgan fingerprint density at radius 2 is 2.03 bits per heavy atom. The minimum Gasteiger partial charge on any atom is -0.497 e. The summed E-state index contributed by atoms with van der Waals surface area (Å²) in [6.45, 7) is 4.62. The van der Waals surface area contributed by atoms with E-state index < -0.39 is 0 Å². The third-order valence-electron chi connectivity index (χ3n) is 4.73. The van der Waals surface area contributed by atoms with Crippen molar-refractivity contribution in [2.45, 2.75) is 20.3 Å². The second-order valence-corrected chi connectivity index (χ2v) is 8.25. The maximum atomic E-state index is 13.0. The molecule has 0 fully saturated rings. The van der Waals surface area contributed by atoms with E-state index >= 15 is 0 Å². The van der Waals surface area contributed by atoms with Crippen LogP contribution in [0.2, 0.25) is 0 Å². The Morgan fingerprint density at radius 1 is 1.23 bits per heavy atom. The molecule has 1 aliphatic heterocycles. The molecular weight excluding hydrogens is 420 g/mol. The van der Waals surface area contributed by atoms with E-state index in [0.717, 1.165) is 5.01 Å². The van der Waals surface area contributed by atoms with Crippen LogP contribution in [0.3, 0.4) is 0 Å². The van der Waals surface area contributed by atoms with Gasteiger partial charge >= 0.3 is 0 Å². The maximum absolute atomic E-state index is 13.0. The van der Waals surface area contributed by atoms with Gasteiger partial charge in [0.15, 0.2) is 0 Å². The molecule has 1 aromatic carbocycles. The summed E-state index contributed by atoms with van der Waals surface area (Å²) in [6, 6.07) is 4.97. The highest BCUT2D eigenvalue weighted by Crippen LogP contribution is 2.25. The Hall–Kier alpha value is -3.14. The van der Waals surface area contributed by atoms with Gasteiger partial charge in [-0.3, -0.25) is 14.4 Å². The molecule has 31 heavy (non-hydrogen) atoms. The number of ether oxygens (including phenoxy) is 2. The summed E-state index contributed by atoms with van der Waals surface area (Å²) >= 11 is 1.31. The maximum Gasteiger partial charge on any atom is 0.266 e. The number of hydrogen-bond acceptors (Lipinski definition) is 7. The molecule has 0 bridgehead atoms. The van der Waals surface area contributed by atoms with E-state index in [4.69, 9.17) is 9.47 Å². The molecule has 2 heterocycles. The molecule has 10 heteroatoms. The summed E-state index contributed by atoms with van der Waals surface area (Å²) in [5.74, 6) is 0.175. The fourth-order valence-electron chi connectivity index (χ4n) is 3.21. The van der Waals surface area contributed by atoms with E-state index in [2.05, 4.69) is 15.6 Å². The van der Waals surface area contributed by atoms with Crippen LogP contribution in [0.15, 0.2) is 18.2 Å². The van der Waals surface area contributed by atoms with Crippen molar-refractivity contribution in [1.82, 2.24) is 20.5 Å². The van der Waals surface area contributed by atoms with E-state index in [0.29, 0.717) is 47.1 Å². The number of fused-ring (bicyclic) bond motifs is 1. The Balaban J connectivity index is 1.75. The number of carbonyl (C=O) groups excluding carboxylic acids is 3. The highest BCUT2D eigenvalue weighted by atomic mass is 32.1. The number of nitrogens with one attached hydrogen (secondary N) is 2. The van der Waals surface area contributed by atoms with Gasteiger partial charge in [0, 0.05) is 19.2 Å². The fraction of sp³-hybridized carbons (Fsp3) is 0.429. The van der Waals surface area contributed by atoms with Gasteiger partial charge in [-0.2, -0.15) is 0 Å². The van der Waals surface area contributed by atoms with Gasteiger partial charge in [0.1, 0.15) is 23.0 Å². The SMILES string of the molecule is COc1ccc2c(c1)OCCNC(=O)CN(C(=O)c1sc(C)nc1C)CCCNC2=O. The largest absolute Gasteiger partial charge is 0.497 e. The molecule has 2 aromatic rings. The number of rotatable bonds is 2. The first kappa shape index (κ1) is 22.5. The third-order valence-corrected chi connectivity index (χ3v) is 5.79. The Kier molecular flexibility index (Phi) is 7.45. The van der Waals surface area contributed by atoms with Gasteiger partial charge in [0.2, 0.25) is 5.91 Å². The number of benzene rings is 1. The molecule has 0 saturated carbocycles. The molecule has 166 valence electrons. The summed E-state index contributed by atoms with van der Waals surface area (Å²) < 4.78 is 10.9. The number of aromatic nitrogens is 1. The van der Waals surface area contributed by atoms with Gasteiger partial charge in [-0.25, -0.2) is 4.98 Å². The fourth-order valence-corrected chi connectivity index (χ4v) is 4.10. The summed E-state index contributed by atoms with van der Waals surface area (Å²) in [4.78, 5) is 44.4. The quantitative estimate of drug-likeness (QED) is 0.724. The lowest BCUT2D eigenvalue weighted by molar-refractivity contribution is -0.121. The Labute approximate surface area is 184 Å². The van der Waals surface area contributed by atoms with Crippen LogP contribution < -0.4 is 20.1 Å². The van der Waals surface area contributed by atoms with Gasteiger partial charge in [-0.1, -0.05) is 0 Å². The van der Waals surface area contributed by atoms with Crippen LogP contribution in [0.25, 0.3) is 0 Å². The first-order valence-electron chi connectivity index (χ1n) is 9.98. The first-order valence-corrected chi connectivity index (χ1v) is 10.8. The van der Waals surface area contributed by atoms with Crippen LogP contribution >= 0.6 is 11.3 Å². The predicted octanol–water partition coefficient (Wildman–Crippen LogP) is 1.54. The highest BCUT2D eigenvalue weighted by molar-refractivity contribution is 7.13. The van der Waals surface area contributed by atoms with Gasteiger partial charge in [-0.15, -0.1) is 11.3 Å². The molecule has 0 radical (unpaired) electrons. The van der Waals surface area contributed by atoms with Gasteiger partial charge in [-0.05, 0) is 32.4 Å². The van der Waals surface area contributed by atoms with Crippen molar-refractivity contribution in [3.05, 3.63) is 39.3 Å². The van der Waals surface area contributed by atoms with Gasteiger partial charge < -0.3 is 25.0 Å². The number of thiazole rings is 1. The van der Waals surface area contributed by atoms with Crippen LogP contribution in [0, 0.1) is 13.8 Å². The van der Waals surface area contributed by atoms with E-state index in [-0.39, 0.29) is 37.4 Å². The minimum absolute atomic E-state index is 0.0758. The predicted molar refractivity (Wildman–Crippen MR) is 116 cm³/mol. The van der Waals surface area contributed by atoms with E-state index in [1.54, 1.807) is 25.1 Å². The summed E-state index contributed by atoms with van der Waals surface area (Å²) in [5.41, 5.74) is 1.04. The lowest BCUT2D eigenvalue weighted by atomic mass is 10.1. The number of aryl methyl sites for hydroxylation is 2. The van der Waals surface area contributed by atoms with Crippen LogP contribution in [0.4, 0.5) is 0 Å². The molecule has 3 amide bonds. The number of carbonyl (C=O) groups is 3. The summed E-state index contributed by atoms with van der Waals surface area (Å²) in [5, 5.41) is 6.41. The van der Waals surface area contributed by atoms with Crippen molar-refractivity contribution < 1.29 is 23.9 Å². The second-order valence-electron chi connectivity index (χ2n) is 7.04. The molecule has 1 aromatic heterocycles. The minimum atomic E-state index is -0.275. The van der Waals surface area contributed by atoms with Gasteiger partial charge in [0.05, 0.1) is 36.5 Å². The van der Waals surface area contributed by atoms with Crippen molar-refractivity contribution in [3.63, 3.8) is 0 Å². The van der Waals surface area contributed by atoms with Crippen molar-refractivity contribution in [2.24, 2.45) is 0 Å². The number of nitrogens with zero attached hydrogens (tertiary/aromatic N) is 2. The zero-order valence-corrected chi connectivity index (χ0v) is 18.6. The molecule has 9 nitrogen and oxygen atoms in total. The average Bonchev–Trinajstić information content (AvgIpc) is 3.09. The van der Waals surface area contributed by atoms with E-state index in [1.165, 1.54) is 23.3 Å². The first-order chi connectivity index (χ1) is 14.9. The van der Waals surface area contributed by atoms with Crippen molar-refractivity contribution in [1.29, 1.82) is 0 Å². The molecule has 0 aliphatic carbocycles. The Bertz CT molecular complexity index is 975. The zero-order chi connectivity index (χ0) is 22.4. The molecular formula is C21H26N4O5S. The molecule has 0 saturated heterocycles. The van der Waals surface area contributed by atoms with Crippen LogP contribution in [0.5, 0.6) is 11.5 Å². The molecule has 0 spiro atoms. The number of methoxy groups -OCH3 is 1. The third kappa shape index (κ3) is 5.72. The van der Waals surface area contributed by atoms with Crippen molar-refractivity contribution >= 4 is 29.1 Å². The zero-order valence-electron chi connectivity index (χ0n) is 17.8. The van der Waals surface area contributed by atoms with Crippen LogP contribution in [0.1, 0.15) is 37.2 Å². The smallest absolute Gasteiger partial charge is 0.266 e. The summed E-state index contributed by atoms with van der Waals surface area (Å²) in [6.07, 6.45) is 0.494. The highest BCUT2D eigenvalue weighted by Gasteiger charge is 2.23. The van der Waals surface area contributed by atoms with Crippen LogP contribution in [-0.2, 0) is 4.79 Å². The molecule has 0 unspecified atom stereocenters. The average molecular weight is 447 g/mol. The Morgan fingerprint density at radius 3 is 2.74 bits per heavy atom.